The number of aliphatic imine (C=N–C) groups is 1. The molecule has 1 aliphatic heterocycles. The first-order chi connectivity index (χ1) is 17.1. The minimum Gasteiger partial charge on any atom is -0.506 e. The summed E-state index contributed by atoms with van der Waals surface area (Å²) in [5.74, 6) is 2.71. The first kappa shape index (κ1) is 24.9. The van der Waals surface area contributed by atoms with Gasteiger partial charge in [0.15, 0.2) is 5.82 Å². The van der Waals surface area contributed by atoms with Crippen molar-refractivity contribution in [1.82, 2.24) is 24.7 Å². The molecule has 2 N–H and O–H groups in total. The molecule has 0 unspecified atom stereocenters. The van der Waals surface area contributed by atoms with E-state index in [0.29, 0.717) is 17.1 Å². The normalized spacial score (nSPS) is 14.7. The number of ether oxygens (including phenoxy) is 1. The molecule has 0 aliphatic carbocycles. The number of methoxy groups -OCH3 is 1. The number of aromatic nitrogens is 5. The summed E-state index contributed by atoms with van der Waals surface area (Å²) in [6, 6.07) is 4.69. The summed E-state index contributed by atoms with van der Waals surface area (Å²) in [6.45, 7) is 6.93. The van der Waals surface area contributed by atoms with E-state index in [1.54, 1.807) is 51.4 Å². The maximum absolute atomic E-state index is 13.4. The number of aromatic hydroxyl groups is 1. The molecular formula is C24H25N7O4S. The highest BCUT2D eigenvalue weighted by Gasteiger charge is 2.32. The van der Waals surface area contributed by atoms with Gasteiger partial charge in [-0.1, -0.05) is 13.0 Å². The quantitative estimate of drug-likeness (QED) is 0.443. The predicted molar refractivity (Wildman–Crippen MR) is 135 cm³/mol. The SMILES string of the molecule is COc1cccc(O)c1-n1c(NS(=O)(=O)[C@@H](C)[C@H](C)c2ncc(C)cn2)nnc1C1=C=C=NC(C)=C1. The minimum atomic E-state index is -4.02. The summed E-state index contributed by atoms with van der Waals surface area (Å²) in [7, 11) is -2.58. The maximum atomic E-state index is 13.4. The Morgan fingerprint density at radius 2 is 1.86 bits per heavy atom. The van der Waals surface area contributed by atoms with Crippen LogP contribution in [0.2, 0.25) is 0 Å². The zero-order valence-electron chi connectivity index (χ0n) is 20.4. The van der Waals surface area contributed by atoms with Crippen LogP contribution in [0, 0.1) is 6.92 Å². The lowest BCUT2D eigenvalue weighted by Gasteiger charge is -2.21. The number of sulfonamides is 1. The van der Waals surface area contributed by atoms with Gasteiger partial charge in [-0.3, -0.25) is 9.29 Å². The summed E-state index contributed by atoms with van der Waals surface area (Å²) < 4.78 is 36.2. The molecule has 12 heteroatoms. The van der Waals surface area contributed by atoms with Crippen molar-refractivity contribution in [2.45, 2.75) is 38.9 Å². The van der Waals surface area contributed by atoms with Crippen molar-refractivity contribution >= 4 is 27.4 Å². The molecule has 2 aromatic heterocycles. The average Bonchev–Trinajstić information content (AvgIpc) is 3.25. The van der Waals surface area contributed by atoms with E-state index < -0.39 is 21.2 Å². The van der Waals surface area contributed by atoms with E-state index in [2.05, 4.69) is 41.5 Å². The van der Waals surface area contributed by atoms with Crippen LogP contribution in [0.15, 0.2) is 53.1 Å². The maximum Gasteiger partial charge on any atom is 0.243 e. The number of allylic oxidation sites excluding steroid dienone is 3. The van der Waals surface area contributed by atoms with Gasteiger partial charge in [0.05, 0.1) is 17.9 Å². The fourth-order valence-electron chi connectivity index (χ4n) is 3.55. The fourth-order valence-corrected chi connectivity index (χ4v) is 4.78. The molecule has 0 saturated heterocycles. The number of benzene rings is 1. The third-order valence-corrected chi connectivity index (χ3v) is 7.59. The Kier molecular flexibility index (Phi) is 6.76. The number of phenolic OH excluding ortho intramolecular Hbond substituents is 1. The van der Waals surface area contributed by atoms with Crippen LogP contribution in [0.25, 0.3) is 11.3 Å². The molecule has 0 spiro atoms. The zero-order chi connectivity index (χ0) is 26.0. The van der Waals surface area contributed by atoms with Crippen LogP contribution in [-0.2, 0) is 10.0 Å². The summed E-state index contributed by atoms with van der Waals surface area (Å²) in [4.78, 5) is 12.6. The Morgan fingerprint density at radius 1 is 1.14 bits per heavy atom. The molecule has 3 heterocycles. The molecule has 3 aromatic rings. The standard InChI is InChI=1S/C24H25N7O4S/c1-14-12-26-22(27-13-14)16(3)17(4)36(33,34)30-24-29-28-23(18-9-10-25-15(2)11-18)31(24)21-19(32)7-6-8-20(21)35-5/h6-8,11-13,16-17,32H,1-5H3,(H,29,30)/t16-,17-/m0/s1. The lowest BCUT2D eigenvalue weighted by atomic mass is 10.1. The van der Waals surface area contributed by atoms with Gasteiger partial charge < -0.3 is 9.84 Å². The molecule has 0 fully saturated rings. The number of anilines is 1. The second kappa shape index (κ2) is 9.79. The van der Waals surface area contributed by atoms with E-state index in [0.717, 1.165) is 5.56 Å². The minimum absolute atomic E-state index is 0.142. The Hall–Kier alpha value is -4.24. The van der Waals surface area contributed by atoms with Gasteiger partial charge in [-0.25, -0.2) is 23.4 Å². The van der Waals surface area contributed by atoms with Crippen LogP contribution in [0.1, 0.15) is 43.9 Å². The highest BCUT2D eigenvalue weighted by molar-refractivity contribution is 7.93. The molecule has 2 atom stereocenters. The number of hydrogen-bond acceptors (Lipinski definition) is 9. The molecule has 0 amide bonds. The van der Waals surface area contributed by atoms with E-state index in [9.17, 15) is 13.5 Å². The molecule has 0 bridgehead atoms. The lowest BCUT2D eigenvalue weighted by molar-refractivity contribution is 0.404. The van der Waals surface area contributed by atoms with E-state index in [1.165, 1.54) is 17.7 Å². The first-order valence-corrected chi connectivity index (χ1v) is 12.6. The van der Waals surface area contributed by atoms with E-state index in [4.69, 9.17) is 4.74 Å². The van der Waals surface area contributed by atoms with Gasteiger partial charge in [0.1, 0.15) is 23.0 Å². The van der Waals surface area contributed by atoms with E-state index >= 15 is 0 Å². The summed E-state index contributed by atoms with van der Waals surface area (Å²) in [6.07, 6.45) is 4.98. The van der Waals surface area contributed by atoms with Gasteiger partial charge in [0, 0.05) is 29.9 Å². The van der Waals surface area contributed by atoms with Crippen molar-refractivity contribution < 1.29 is 18.3 Å². The predicted octanol–water partition coefficient (Wildman–Crippen LogP) is 3.14. The van der Waals surface area contributed by atoms with Crippen LogP contribution in [0.4, 0.5) is 5.95 Å². The van der Waals surface area contributed by atoms with Crippen molar-refractivity contribution in [3.63, 3.8) is 0 Å². The average molecular weight is 508 g/mol. The molecule has 1 aromatic carbocycles. The summed E-state index contributed by atoms with van der Waals surface area (Å²) in [5.41, 5.74) is 4.98. The number of rotatable bonds is 8. The number of para-hydroxylation sites is 1. The highest BCUT2D eigenvalue weighted by atomic mass is 32.2. The molecule has 4 rings (SSSR count). The fraction of sp³-hybridized carbons (Fsp3) is 0.292. The topological polar surface area (TPSA) is 144 Å². The van der Waals surface area contributed by atoms with Crippen molar-refractivity contribution in [1.29, 1.82) is 0 Å². The number of nitrogens with one attached hydrogen (secondary N) is 1. The molecule has 36 heavy (non-hydrogen) atoms. The van der Waals surface area contributed by atoms with Gasteiger partial charge in [-0.05, 0) is 50.3 Å². The Balaban J connectivity index is 1.82. The second-order valence-corrected chi connectivity index (χ2v) is 10.4. The van der Waals surface area contributed by atoms with Crippen molar-refractivity contribution in [3.05, 3.63) is 65.3 Å². The largest absolute Gasteiger partial charge is 0.506 e. The van der Waals surface area contributed by atoms with Gasteiger partial charge in [0.2, 0.25) is 16.0 Å². The molecular weight excluding hydrogens is 482 g/mol. The van der Waals surface area contributed by atoms with Crippen LogP contribution >= 0.6 is 0 Å². The van der Waals surface area contributed by atoms with Crippen molar-refractivity contribution in [3.8, 4) is 17.2 Å². The van der Waals surface area contributed by atoms with Gasteiger partial charge in [-0.15, -0.1) is 10.2 Å². The van der Waals surface area contributed by atoms with Crippen molar-refractivity contribution in [2.75, 3.05) is 11.8 Å². The van der Waals surface area contributed by atoms with Gasteiger partial charge >= 0.3 is 0 Å². The molecule has 0 saturated carbocycles. The third kappa shape index (κ3) is 4.78. The van der Waals surface area contributed by atoms with E-state index in [-0.39, 0.29) is 29.0 Å². The van der Waals surface area contributed by atoms with Crippen LogP contribution in [0.5, 0.6) is 11.5 Å². The summed E-state index contributed by atoms with van der Waals surface area (Å²) >= 11 is 0. The van der Waals surface area contributed by atoms with Crippen LogP contribution in [-0.4, -0.2) is 56.5 Å². The van der Waals surface area contributed by atoms with Crippen LogP contribution in [0.3, 0.4) is 0 Å². The molecule has 186 valence electrons. The zero-order valence-corrected chi connectivity index (χ0v) is 21.2. The number of hydrogen-bond donors (Lipinski definition) is 2. The van der Waals surface area contributed by atoms with Gasteiger partial charge in [0.25, 0.3) is 0 Å². The number of phenols is 1. The van der Waals surface area contributed by atoms with Crippen molar-refractivity contribution in [2.24, 2.45) is 4.99 Å². The van der Waals surface area contributed by atoms with E-state index in [1.807, 2.05) is 6.92 Å². The Bertz CT molecular complexity index is 1550. The van der Waals surface area contributed by atoms with Crippen LogP contribution < -0.4 is 9.46 Å². The Morgan fingerprint density at radius 3 is 2.53 bits per heavy atom. The lowest BCUT2D eigenvalue weighted by Crippen LogP contribution is -2.31. The number of aryl methyl sites for hydroxylation is 1. The molecule has 11 nitrogen and oxygen atoms in total. The highest BCUT2D eigenvalue weighted by Crippen LogP contribution is 2.36. The smallest absolute Gasteiger partial charge is 0.243 e. The second-order valence-electron chi connectivity index (χ2n) is 8.32. The Labute approximate surface area is 208 Å². The molecule has 1 aliphatic rings. The molecule has 0 radical (unpaired) electrons. The summed E-state index contributed by atoms with van der Waals surface area (Å²) in [5, 5.41) is 18.1. The first-order valence-electron chi connectivity index (χ1n) is 11.0. The van der Waals surface area contributed by atoms with Gasteiger partial charge in [-0.2, -0.15) is 0 Å². The monoisotopic (exact) mass is 507 g/mol. The third-order valence-electron chi connectivity index (χ3n) is 5.74. The number of nitrogens with zero attached hydrogens (tertiary/aromatic N) is 6.